The predicted octanol–water partition coefficient (Wildman–Crippen LogP) is 3.85. The first-order valence-electron chi connectivity index (χ1n) is 10.1. The number of amides is 1. The molecule has 1 amide bonds. The molecule has 31 heavy (non-hydrogen) atoms. The number of hydrogen-bond donors (Lipinski definition) is 1. The molecule has 0 fully saturated rings. The molecular formula is C23H21N5O2S. The largest absolute Gasteiger partial charge is 0.325 e. The highest BCUT2D eigenvalue weighted by Crippen LogP contribution is 2.33. The lowest BCUT2D eigenvalue weighted by molar-refractivity contribution is -0.116. The molecule has 1 atom stereocenters. The van der Waals surface area contributed by atoms with E-state index in [1.54, 1.807) is 11.5 Å². The Bertz CT molecular complexity index is 1340. The van der Waals surface area contributed by atoms with Gasteiger partial charge in [-0.1, -0.05) is 36.0 Å². The number of benzene rings is 1. The standard InChI is InChI=1S/C23H21N5O2S/c1-14-15(2)24-23-28(22(14)30)16(13-31-23)11-21(29)26-18-8-4-3-7-17(18)19-12-27-10-6-5-9-20(27)25-19/h3-10,12,16H,11,13H2,1-2H3,(H,26,29). The van der Waals surface area contributed by atoms with Crippen molar-refractivity contribution in [2.45, 2.75) is 31.5 Å². The van der Waals surface area contributed by atoms with Crippen LogP contribution in [0, 0.1) is 13.8 Å². The van der Waals surface area contributed by atoms with E-state index in [0.717, 1.165) is 22.6 Å². The van der Waals surface area contributed by atoms with Crippen molar-refractivity contribution >= 4 is 29.0 Å². The van der Waals surface area contributed by atoms with Crippen LogP contribution >= 0.6 is 11.8 Å². The molecule has 4 aromatic rings. The number of rotatable bonds is 4. The molecule has 8 heteroatoms. The monoisotopic (exact) mass is 431 g/mol. The van der Waals surface area contributed by atoms with E-state index in [4.69, 9.17) is 0 Å². The molecule has 1 aliphatic rings. The third kappa shape index (κ3) is 3.53. The van der Waals surface area contributed by atoms with E-state index in [1.807, 2.05) is 66.2 Å². The fourth-order valence-electron chi connectivity index (χ4n) is 3.82. The Kier molecular flexibility index (Phi) is 4.86. The average Bonchev–Trinajstić information content (AvgIpc) is 3.36. The van der Waals surface area contributed by atoms with E-state index in [9.17, 15) is 9.59 Å². The van der Waals surface area contributed by atoms with Crippen molar-refractivity contribution in [3.8, 4) is 11.3 Å². The summed E-state index contributed by atoms with van der Waals surface area (Å²) in [6.07, 6.45) is 4.10. The van der Waals surface area contributed by atoms with Crippen LogP contribution in [0.1, 0.15) is 23.7 Å². The summed E-state index contributed by atoms with van der Waals surface area (Å²) in [5, 5.41) is 3.71. The second-order valence-corrected chi connectivity index (χ2v) is 8.62. The zero-order valence-corrected chi connectivity index (χ0v) is 18.0. The molecule has 5 rings (SSSR count). The zero-order chi connectivity index (χ0) is 21.5. The number of anilines is 1. The van der Waals surface area contributed by atoms with Gasteiger partial charge in [-0.25, -0.2) is 9.97 Å². The minimum atomic E-state index is -0.207. The third-order valence-electron chi connectivity index (χ3n) is 5.58. The molecule has 0 bridgehead atoms. The summed E-state index contributed by atoms with van der Waals surface area (Å²) in [4.78, 5) is 34.8. The molecule has 4 heterocycles. The van der Waals surface area contributed by atoms with Crippen molar-refractivity contribution in [1.82, 2.24) is 18.9 Å². The highest BCUT2D eigenvalue weighted by atomic mass is 32.2. The van der Waals surface area contributed by atoms with Crippen LogP contribution in [0.5, 0.6) is 0 Å². The van der Waals surface area contributed by atoms with Crippen LogP contribution in [0.4, 0.5) is 5.69 Å². The van der Waals surface area contributed by atoms with E-state index in [-0.39, 0.29) is 23.9 Å². The Morgan fingerprint density at radius 2 is 1.97 bits per heavy atom. The van der Waals surface area contributed by atoms with Gasteiger partial charge in [-0.3, -0.25) is 14.2 Å². The van der Waals surface area contributed by atoms with Gasteiger partial charge in [0, 0.05) is 41.4 Å². The van der Waals surface area contributed by atoms with Crippen LogP contribution in [0.2, 0.25) is 0 Å². The predicted molar refractivity (Wildman–Crippen MR) is 122 cm³/mol. The molecule has 1 aliphatic heterocycles. The molecule has 0 saturated carbocycles. The number of imidazole rings is 1. The van der Waals surface area contributed by atoms with Gasteiger partial charge in [-0.05, 0) is 32.0 Å². The van der Waals surface area contributed by atoms with Crippen molar-refractivity contribution in [2.24, 2.45) is 0 Å². The lowest BCUT2D eigenvalue weighted by Gasteiger charge is -2.15. The summed E-state index contributed by atoms with van der Waals surface area (Å²) in [5.41, 5.74) is 4.50. The van der Waals surface area contributed by atoms with Crippen LogP contribution in [-0.2, 0) is 4.79 Å². The number of carbonyl (C=O) groups is 1. The number of aryl methyl sites for hydroxylation is 1. The maximum atomic E-state index is 12.9. The van der Waals surface area contributed by atoms with Gasteiger partial charge in [0.05, 0.1) is 17.4 Å². The molecule has 1 N–H and O–H groups in total. The summed E-state index contributed by atoms with van der Waals surface area (Å²) in [6, 6.07) is 13.2. The van der Waals surface area contributed by atoms with E-state index >= 15 is 0 Å². The van der Waals surface area contributed by atoms with Crippen molar-refractivity contribution in [3.05, 3.63) is 76.5 Å². The Morgan fingerprint density at radius 3 is 2.81 bits per heavy atom. The average molecular weight is 432 g/mol. The first-order chi connectivity index (χ1) is 15.0. The second-order valence-electron chi connectivity index (χ2n) is 7.63. The summed E-state index contributed by atoms with van der Waals surface area (Å²) >= 11 is 1.52. The molecule has 0 spiro atoms. The number of pyridine rings is 1. The van der Waals surface area contributed by atoms with E-state index in [0.29, 0.717) is 22.2 Å². The first kappa shape index (κ1) is 19.6. The Hall–Kier alpha value is -3.39. The summed E-state index contributed by atoms with van der Waals surface area (Å²) < 4.78 is 3.62. The van der Waals surface area contributed by atoms with Gasteiger partial charge in [0.2, 0.25) is 5.91 Å². The molecule has 3 aromatic heterocycles. The lowest BCUT2D eigenvalue weighted by atomic mass is 10.1. The number of para-hydroxylation sites is 1. The Labute approximate surface area is 183 Å². The number of nitrogens with zero attached hydrogens (tertiary/aromatic N) is 4. The number of aromatic nitrogens is 4. The van der Waals surface area contributed by atoms with Gasteiger partial charge in [-0.2, -0.15) is 0 Å². The summed E-state index contributed by atoms with van der Waals surface area (Å²) in [5.74, 6) is 0.520. The fourth-order valence-corrected chi connectivity index (χ4v) is 5.00. The van der Waals surface area contributed by atoms with Crippen molar-refractivity contribution in [3.63, 3.8) is 0 Å². The van der Waals surface area contributed by atoms with Crippen LogP contribution in [0.25, 0.3) is 16.9 Å². The smallest absolute Gasteiger partial charge is 0.257 e. The van der Waals surface area contributed by atoms with Crippen LogP contribution < -0.4 is 10.9 Å². The summed E-state index contributed by atoms with van der Waals surface area (Å²) in [7, 11) is 0. The highest BCUT2D eigenvalue weighted by molar-refractivity contribution is 7.99. The molecule has 0 saturated heterocycles. The van der Waals surface area contributed by atoms with Crippen LogP contribution in [0.3, 0.4) is 0 Å². The fraction of sp³-hybridized carbons (Fsp3) is 0.217. The number of fused-ring (bicyclic) bond motifs is 2. The molecule has 7 nitrogen and oxygen atoms in total. The lowest BCUT2D eigenvalue weighted by Crippen LogP contribution is -2.29. The van der Waals surface area contributed by atoms with Crippen LogP contribution in [-0.4, -0.2) is 30.6 Å². The number of nitrogens with one attached hydrogen (secondary N) is 1. The number of hydrogen-bond acceptors (Lipinski definition) is 5. The van der Waals surface area contributed by atoms with E-state index in [1.165, 1.54) is 11.8 Å². The van der Waals surface area contributed by atoms with Crippen molar-refractivity contribution in [2.75, 3.05) is 11.1 Å². The summed E-state index contributed by atoms with van der Waals surface area (Å²) in [6.45, 7) is 3.62. The van der Waals surface area contributed by atoms with Crippen LogP contribution in [0.15, 0.2) is 64.8 Å². The van der Waals surface area contributed by atoms with Gasteiger partial charge in [0.1, 0.15) is 5.65 Å². The molecular weight excluding hydrogens is 410 g/mol. The Morgan fingerprint density at radius 1 is 1.16 bits per heavy atom. The minimum Gasteiger partial charge on any atom is -0.325 e. The SMILES string of the molecule is Cc1nc2n(c(=O)c1C)C(CC(=O)Nc1ccccc1-c1cn3ccccc3n1)CS2. The minimum absolute atomic E-state index is 0.0598. The van der Waals surface area contributed by atoms with Gasteiger partial charge >= 0.3 is 0 Å². The van der Waals surface area contributed by atoms with Gasteiger partial charge in [0.15, 0.2) is 5.16 Å². The molecule has 0 aliphatic carbocycles. The topological polar surface area (TPSA) is 81.3 Å². The maximum Gasteiger partial charge on any atom is 0.257 e. The van der Waals surface area contributed by atoms with E-state index in [2.05, 4.69) is 15.3 Å². The first-order valence-corrected chi connectivity index (χ1v) is 11.1. The number of carbonyl (C=O) groups excluding carboxylic acids is 1. The van der Waals surface area contributed by atoms with Crippen molar-refractivity contribution < 1.29 is 4.79 Å². The highest BCUT2D eigenvalue weighted by Gasteiger charge is 2.28. The van der Waals surface area contributed by atoms with Gasteiger partial charge in [0.25, 0.3) is 5.56 Å². The van der Waals surface area contributed by atoms with Gasteiger partial charge in [-0.15, -0.1) is 0 Å². The van der Waals surface area contributed by atoms with Crippen molar-refractivity contribution in [1.29, 1.82) is 0 Å². The second kappa shape index (κ2) is 7.70. The quantitative estimate of drug-likeness (QED) is 0.497. The molecule has 0 radical (unpaired) electrons. The van der Waals surface area contributed by atoms with Gasteiger partial charge < -0.3 is 9.72 Å². The molecule has 1 unspecified atom stereocenters. The van der Waals surface area contributed by atoms with E-state index < -0.39 is 0 Å². The zero-order valence-electron chi connectivity index (χ0n) is 17.2. The maximum absolute atomic E-state index is 12.9. The molecule has 1 aromatic carbocycles. The Balaban J connectivity index is 1.40. The molecule has 156 valence electrons. The number of thioether (sulfide) groups is 1. The normalized spacial score (nSPS) is 15.2. The third-order valence-corrected chi connectivity index (χ3v) is 6.68.